The van der Waals surface area contributed by atoms with Crippen molar-refractivity contribution in [1.29, 1.82) is 0 Å². The van der Waals surface area contributed by atoms with Gasteiger partial charge in [0, 0.05) is 9.26 Å². The Morgan fingerprint density at radius 3 is 2.47 bits per heavy atom. The topological polar surface area (TPSA) is 41.1 Å². The number of halogens is 2. The minimum atomic E-state index is -0.371. The number of para-hydroxylation sites is 1. The van der Waals surface area contributed by atoms with Gasteiger partial charge in [0.15, 0.2) is 0 Å². The summed E-state index contributed by atoms with van der Waals surface area (Å²) in [4.78, 5) is 11.7. The Balaban J connectivity index is 1.88. The van der Waals surface area contributed by atoms with E-state index in [4.69, 9.17) is 0 Å². The van der Waals surface area contributed by atoms with Crippen LogP contribution in [0.15, 0.2) is 48.5 Å². The molecule has 0 aliphatic heterocycles. The highest BCUT2D eigenvalue weighted by Crippen LogP contribution is 2.13. The van der Waals surface area contributed by atoms with Gasteiger partial charge >= 0.3 is 0 Å². The molecule has 0 saturated heterocycles. The number of nitrogens with one attached hydrogen (secondary N) is 2. The molecule has 3 nitrogen and oxygen atoms in total. The average molecular weight is 370 g/mol. The molecule has 2 aromatic carbocycles. The average Bonchev–Trinajstić information content (AvgIpc) is 2.40. The van der Waals surface area contributed by atoms with E-state index in [-0.39, 0.29) is 18.3 Å². The quantitative estimate of drug-likeness (QED) is 0.810. The summed E-state index contributed by atoms with van der Waals surface area (Å²) in [6.07, 6.45) is 0. The number of hydrogen-bond acceptors (Lipinski definition) is 2. The van der Waals surface area contributed by atoms with Crippen LogP contribution in [0.5, 0.6) is 0 Å². The van der Waals surface area contributed by atoms with Crippen molar-refractivity contribution in [2.75, 3.05) is 17.2 Å². The smallest absolute Gasteiger partial charge is 0.243 e. The fourth-order valence-corrected chi connectivity index (χ4v) is 1.88. The van der Waals surface area contributed by atoms with Crippen LogP contribution in [0.3, 0.4) is 0 Å². The van der Waals surface area contributed by atoms with Crippen molar-refractivity contribution in [1.82, 2.24) is 0 Å². The normalized spacial score (nSPS) is 10.0. The Morgan fingerprint density at radius 1 is 1.11 bits per heavy atom. The van der Waals surface area contributed by atoms with Crippen molar-refractivity contribution >= 4 is 39.9 Å². The van der Waals surface area contributed by atoms with Crippen LogP contribution >= 0.6 is 22.6 Å². The summed E-state index contributed by atoms with van der Waals surface area (Å²) < 4.78 is 14.4. The third-order valence-corrected chi connectivity index (χ3v) is 3.16. The van der Waals surface area contributed by atoms with Gasteiger partial charge in [-0.1, -0.05) is 12.1 Å². The number of rotatable bonds is 4. The predicted octanol–water partition coefficient (Wildman–Crippen LogP) is 3.48. The standard InChI is InChI=1S/C14H12FIN2O/c15-12-3-1-2-4-13(12)17-9-14(19)18-11-7-5-10(16)6-8-11/h1-8,17H,9H2,(H,18,19). The fourth-order valence-electron chi connectivity index (χ4n) is 1.52. The molecule has 0 spiro atoms. The van der Waals surface area contributed by atoms with Gasteiger partial charge in [-0.25, -0.2) is 4.39 Å². The van der Waals surface area contributed by atoms with Crippen LogP contribution in [0.2, 0.25) is 0 Å². The lowest BCUT2D eigenvalue weighted by molar-refractivity contribution is -0.114. The van der Waals surface area contributed by atoms with E-state index in [0.29, 0.717) is 5.69 Å². The molecular weight excluding hydrogens is 358 g/mol. The van der Waals surface area contributed by atoms with Gasteiger partial charge in [0.2, 0.25) is 5.91 Å². The Hall–Kier alpha value is -1.63. The summed E-state index contributed by atoms with van der Waals surface area (Å²) >= 11 is 2.19. The molecule has 0 bridgehead atoms. The van der Waals surface area contributed by atoms with Crippen LogP contribution in [0.4, 0.5) is 15.8 Å². The van der Waals surface area contributed by atoms with E-state index in [9.17, 15) is 9.18 Å². The highest BCUT2D eigenvalue weighted by molar-refractivity contribution is 14.1. The summed E-state index contributed by atoms with van der Waals surface area (Å²) in [6.45, 7) is 0.0208. The van der Waals surface area contributed by atoms with Crippen molar-refractivity contribution in [3.05, 3.63) is 57.9 Å². The summed E-state index contributed by atoms with van der Waals surface area (Å²) in [7, 11) is 0. The maximum atomic E-state index is 13.3. The van der Waals surface area contributed by atoms with Gasteiger partial charge in [-0.05, 0) is 59.0 Å². The zero-order valence-corrected chi connectivity index (χ0v) is 12.1. The SMILES string of the molecule is O=C(CNc1ccccc1F)Nc1ccc(I)cc1. The number of amides is 1. The lowest BCUT2D eigenvalue weighted by Crippen LogP contribution is -2.22. The van der Waals surface area contributed by atoms with Gasteiger partial charge in [0.1, 0.15) is 5.82 Å². The van der Waals surface area contributed by atoms with Gasteiger partial charge in [-0.3, -0.25) is 4.79 Å². The second-order valence-corrected chi connectivity index (χ2v) is 5.13. The Kier molecular flexibility index (Phi) is 4.73. The van der Waals surface area contributed by atoms with Crippen LogP contribution in [-0.2, 0) is 4.79 Å². The van der Waals surface area contributed by atoms with E-state index in [1.807, 2.05) is 24.3 Å². The maximum Gasteiger partial charge on any atom is 0.243 e. The molecule has 0 atom stereocenters. The van der Waals surface area contributed by atoms with Gasteiger partial charge in [-0.2, -0.15) is 0 Å². The molecule has 2 N–H and O–H groups in total. The molecule has 0 radical (unpaired) electrons. The van der Waals surface area contributed by atoms with E-state index >= 15 is 0 Å². The number of anilines is 2. The number of carbonyl (C=O) groups excluding carboxylic acids is 1. The zero-order chi connectivity index (χ0) is 13.7. The Bertz CT molecular complexity index is 572. The largest absolute Gasteiger partial charge is 0.374 e. The first-order valence-electron chi connectivity index (χ1n) is 5.69. The van der Waals surface area contributed by atoms with Crippen LogP contribution in [0, 0.1) is 9.39 Å². The van der Waals surface area contributed by atoms with Gasteiger partial charge in [0.05, 0.1) is 12.2 Å². The molecule has 1 amide bonds. The molecule has 0 saturated carbocycles. The molecule has 0 aliphatic carbocycles. The molecule has 2 rings (SSSR count). The van der Waals surface area contributed by atoms with E-state index in [0.717, 1.165) is 9.26 Å². The van der Waals surface area contributed by atoms with E-state index in [2.05, 4.69) is 33.2 Å². The first kappa shape index (κ1) is 13.8. The Labute approximate surface area is 124 Å². The van der Waals surface area contributed by atoms with E-state index < -0.39 is 0 Å². The molecule has 2 aromatic rings. The molecule has 0 fully saturated rings. The van der Waals surface area contributed by atoms with E-state index in [1.54, 1.807) is 18.2 Å². The van der Waals surface area contributed by atoms with E-state index in [1.165, 1.54) is 6.07 Å². The second-order valence-electron chi connectivity index (χ2n) is 3.89. The summed E-state index contributed by atoms with van der Waals surface area (Å²) in [5.41, 5.74) is 1.04. The summed E-state index contributed by atoms with van der Waals surface area (Å²) in [5.74, 6) is -0.589. The molecule has 0 unspecified atom stereocenters. The van der Waals surface area contributed by atoms with Crippen LogP contribution < -0.4 is 10.6 Å². The highest BCUT2D eigenvalue weighted by atomic mass is 127. The highest BCUT2D eigenvalue weighted by Gasteiger charge is 2.04. The van der Waals surface area contributed by atoms with Gasteiger partial charge < -0.3 is 10.6 Å². The molecule has 19 heavy (non-hydrogen) atoms. The van der Waals surface area contributed by atoms with Crippen molar-refractivity contribution in [2.24, 2.45) is 0 Å². The minimum absolute atomic E-state index is 0.0208. The number of hydrogen-bond donors (Lipinski definition) is 2. The van der Waals surface area contributed by atoms with Crippen molar-refractivity contribution < 1.29 is 9.18 Å². The molecule has 5 heteroatoms. The van der Waals surface area contributed by atoms with Gasteiger partial charge in [-0.15, -0.1) is 0 Å². The monoisotopic (exact) mass is 370 g/mol. The number of benzene rings is 2. The molecule has 98 valence electrons. The Morgan fingerprint density at radius 2 is 1.79 bits per heavy atom. The zero-order valence-electron chi connectivity index (χ0n) is 9.99. The maximum absolute atomic E-state index is 13.3. The second kappa shape index (κ2) is 6.51. The van der Waals surface area contributed by atoms with Crippen molar-refractivity contribution in [3.63, 3.8) is 0 Å². The number of carbonyl (C=O) groups is 1. The first-order chi connectivity index (χ1) is 9.15. The third-order valence-electron chi connectivity index (χ3n) is 2.44. The minimum Gasteiger partial charge on any atom is -0.374 e. The predicted molar refractivity (Wildman–Crippen MR) is 82.7 cm³/mol. The van der Waals surface area contributed by atoms with Crippen molar-refractivity contribution in [3.8, 4) is 0 Å². The molecular formula is C14H12FIN2O. The summed E-state index contributed by atoms with van der Waals surface area (Å²) in [5, 5.41) is 5.49. The van der Waals surface area contributed by atoms with Crippen LogP contribution in [-0.4, -0.2) is 12.5 Å². The molecule has 0 aliphatic rings. The lowest BCUT2D eigenvalue weighted by atomic mass is 10.3. The van der Waals surface area contributed by atoms with Crippen LogP contribution in [0.1, 0.15) is 0 Å². The lowest BCUT2D eigenvalue weighted by Gasteiger charge is -2.08. The first-order valence-corrected chi connectivity index (χ1v) is 6.77. The van der Waals surface area contributed by atoms with Crippen molar-refractivity contribution in [2.45, 2.75) is 0 Å². The van der Waals surface area contributed by atoms with Crippen LogP contribution in [0.25, 0.3) is 0 Å². The summed E-state index contributed by atoms with van der Waals surface area (Å²) in [6, 6.07) is 13.7. The third kappa shape index (κ3) is 4.20. The fraction of sp³-hybridized carbons (Fsp3) is 0.0714. The molecule has 0 aromatic heterocycles. The molecule has 0 heterocycles. The van der Waals surface area contributed by atoms with Gasteiger partial charge in [0.25, 0.3) is 0 Å².